The molecule has 1 aromatic carbocycles. The second-order valence-electron chi connectivity index (χ2n) is 5.24. The van der Waals surface area contributed by atoms with Gasteiger partial charge < -0.3 is 10.5 Å². The Morgan fingerprint density at radius 3 is 2.80 bits per heavy atom. The van der Waals surface area contributed by atoms with E-state index in [1.165, 1.54) is 6.07 Å². The van der Waals surface area contributed by atoms with E-state index in [0.717, 1.165) is 6.54 Å². The molecule has 1 aliphatic rings. The number of nitrogens with two attached hydrogens (primary N) is 1. The Hall–Kier alpha value is -1.50. The van der Waals surface area contributed by atoms with Gasteiger partial charge in [-0.2, -0.15) is 0 Å². The van der Waals surface area contributed by atoms with Gasteiger partial charge in [0.05, 0.1) is 23.7 Å². The van der Waals surface area contributed by atoms with E-state index < -0.39 is 0 Å². The number of hydrogen-bond donors (Lipinski definition) is 1. The molecule has 1 heterocycles. The van der Waals surface area contributed by atoms with Gasteiger partial charge in [-0.3, -0.25) is 15.0 Å². The number of nitro groups is 1. The van der Waals surface area contributed by atoms with Gasteiger partial charge in [-0.25, -0.2) is 0 Å². The van der Waals surface area contributed by atoms with Crippen LogP contribution in [0.2, 0.25) is 0 Å². The number of hydrogen-bond acceptors (Lipinski definition) is 5. The Balaban J connectivity index is 2.46. The Labute approximate surface area is 118 Å². The zero-order valence-corrected chi connectivity index (χ0v) is 11.9. The summed E-state index contributed by atoms with van der Waals surface area (Å²) in [5, 5.41) is 11.3. The molecule has 2 N–H and O–H groups in total. The van der Waals surface area contributed by atoms with E-state index in [9.17, 15) is 10.1 Å². The molecule has 20 heavy (non-hydrogen) atoms. The lowest BCUT2D eigenvalue weighted by atomic mass is 9.95. The standard InChI is InChI=1S/C14H21N3O3/c1-10(2)16-7-8-20-13(9-15)14(16)11-5-3-4-6-12(11)17(18)19/h3-6,10,13-14H,7-9,15H2,1-2H3. The molecule has 0 amide bonds. The SMILES string of the molecule is CC(C)N1CCOC(CN)C1c1ccccc1[N+](=O)[O-]. The molecular formula is C14H21N3O3. The Morgan fingerprint density at radius 1 is 1.50 bits per heavy atom. The largest absolute Gasteiger partial charge is 0.374 e. The summed E-state index contributed by atoms with van der Waals surface area (Å²) in [7, 11) is 0. The molecule has 1 saturated heterocycles. The highest BCUT2D eigenvalue weighted by molar-refractivity contribution is 5.43. The predicted octanol–water partition coefficient (Wildman–Crippen LogP) is 1.70. The average Bonchev–Trinajstić information content (AvgIpc) is 2.46. The highest BCUT2D eigenvalue weighted by atomic mass is 16.6. The number of benzene rings is 1. The number of ether oxygens (including phenoxy) is 1. The van der Waals surface area contributed by atoms with Crippen LogP contribution < -0.4 is 5.73 Å². The van der Waals surface area contributed by atoms with E-state index >= 15 is 0 Å². The van der Waals surface area contributed by atoms with Crippen molar-refractivity contribution in [2.45, 2.75) is 32.0 Å². The molecule has 2 rings (SSSR count). The highest BCUT2D eigenvalue weighted by Gasteiger charge is 2.37. The first-order valence-corrected chi connectivity index (χ1v) is 6.87. The van der Waals surface area contributed by atoms with E-state index in [1.807, 2.05) is 6.07 Å². The molecule has 1 fully saturated rings. The average molecular weight is 279 g/mol. The maximum atomic E-state index is 11.3. The third-order valence-corrected chi connectivity index (χ3v) is 3.74. The predicted molar refractivity (Wildman–Crippen MR) is 76.5 cm³/mol. The van der Waals surface area contributed by atoms with Crippen LogP contribution in [-0.4, -0.2) is 41.7 Å². The van der Waals surface area contributed by atoms with E-state index in [4.69, 9.17) is 10.5 Å². The van der Waals surface area contributed by atoms with E-state index in [-0.39, 0.29) is 28.8 Å². The van der Waals surface area contributed by atoms with Gasteiger partial charge in [-0.05, 0) is 13.8 Å². The minimum absolute atomic E-state index is 0.132. The van der Waals surface area contributed by atoms with Gasteiger partial charge in [0.1, 0.15) is 0 Å². The summed E-state index contributed by atoms with van der Waals surface area (Å²) in [5.74, 6) is 0. The lowest BCUT2D eigenvalue weighted by Crippen LogP contribution is -2.50. The van der Waals surface area contributed by atoms with Crippen LogP contribution in [0.5, 0.6) is 0 Å². The fourth-order valence-electron chi connectivity index (χ4n) is 2.81. The summed E-state index contributed by atoms with van der Waals surface area (Å²) in [4.78, 5) is 13.1. The van der Waals surface area contributed by atoms with Crippen LogP contribution in [0, 0.1) is 10.1 Å². The molecule has 0 radical (unpaired) electrons. The maximum Gasteiger partial charge on any atom is 0.274 e. The first-order valence-electron chi connectivity index (χ1n) is 6.87. The van der Waals surface area contributed by atoms with Crippen LogP contribution in [-0.2, 0) is 4.74 Å². The van der Waals surface area contributed by atoms with Crippen LogP contribution in [0.1, 0.15) is 25.5 Å². The Kier molecular flexibility index (Phi) is 4.69. The number of morpholine rings is 1. The fraction of sp³-hybridized carbons (Fsp3) is 0.571. The molecule has 0 saturated carbocycles. The van der Waals surface area contributed by atoms with Gasteiger partial charge in [-0.1, -0.05) is 18.2 Å². The Bertz CT molecular complexity index is 478. The van der Waals surface area contributed by atoms with Crippen molar-refractivity contribution < 1.29 is 9.66 Å². The molecule has 110 valence electrons. The number of nitro benzene ring substituents is 1. The topological polar surface area (TPSA) is 81.6 Å². The second-order valence-corrected chi connectivity index (χ2v) is 5.24. The van der Waals surface area contributed by atoms with Crippen LogP contribution in [0.15, 0.2) is 24.3 Å². The quantitative estimate of drug-likeness (QED) is 0.670. The van der Waals surface area contributed by atoms with Crippen molar-refractivity contribution in [3.63, 3.8) is 0 Å². The molecule has 0 aromatic heterocycles. The van der Waals surface area contributed by atoms with E-state index in [0.29, 0.717) is 18.7 Å². The van der Waals surface area contributed by atoms with Gasteiger partial charge in [0.15, 0.2) is 0 Å². The molecule has 2 unspecified atom stereocenters. The molecule has 6 heteroatoms. The monoisotopic (exact) mass is 279 g/mol. The number of nitrogens with zero attached hydrogens (tertiary/aromatic N) is 2. The zero-order valence-electron chi connectivity index (χ0n) is 11.9. The summed E-state index contributed by atoms with van der Waals surface area (Å²) in [5.41, 5.74) is 6.61. The first kappa shape index (κ1) is 14.9. The van der Waals surface area contributed by atoms with E-state index in [1.54, 1.807) is 12.1 Å². The summed E-state index contributed by atoms with van der Waals surface area (Å²) >= 11 is 0. The minimum Gasteiger partial charge on any atom is -0.374 e. The Morgan fingerprint density at radius 2 is 2.20 bits per heavy atom. The summed E-state index contributed by atoms with van der Waals surface area (Å²) < 4.78 is 5.72. The van der Waals surface area contributed by atoms with Crippen LogP contribution in [0.25, 0.3) is 0 Å². The third-order valence-electron chi connectivity index (χ3n) is 3.74. The van der Waals surface area contributed by atoms with Crippen molar-refractivity contribution in [3.8, 4) is 0 Å². The number of para-hydroxylation sites is 1. The van der Waals surface area contributed by atoms with Crippen molar-refractivity contribution in [2.24, 2.45) is 5.73 Å². The van der Waals surface area contributed by atoms with Crippen molar-refractivity contribution in [3.05, 3.63) is 39.9 Å². The molecule has 6 nitrogen and oxygen atoms in total. The van der Waals surface area contributed by atoms with Crippen molar-refractivity contribution >= 4 is 5.69 Å². The van der Waals surface area contributed by atoms with Crippen molar-refractivity contribution in [1.29, 1.82) is 0 Å². The molecule has 1 aliphatic heterocycles. The first-order chi connectivity index (χ1) is 9.56. The number of rotatable bonds is 4. The van der Waals surface area contributed by atoms with Gasteiger partial charge in [-0.15, -0.1) is 0 Å². The maximum absolute atomic E-state index is 11.3. The molecule has 0 bridgehead atoms. The zero-order chi connectivity index (χ0) is 14.7. The van der Waals surface area contributed by atoms with Gasteiger partial charge >= 0.3 is 0 Å². The summed E-state index contributed by atoms with van der Waals surface area (Å²) in [6.07, 6.45) is -0.216. The normalized spacial score (nSPS) is 24.0. The lowest BCUT2D eigenvalue weighted by molar-refractivity contribution is -0.386. The van der Waals surface area contributed by atoms with Crippen molar-refractivity contribution in [2.75, 3.05) is 19.7 Å². The highest BCUT2D eigenvalue weighted by Crippen LogP contribution is 2.35. The molecule has 1 aromatic rings. The molecular weight excluding hydrogens is 258 g/mol. The molecule has 0 aliphatic carbocycles. The molecule has 2 atom stereocenters. The smallest absolute Gasteiger partial charge is 0.274 e. The lowest BCUT2D eigenvalue weighted by Gasteiger charge is -2.43. The van der Waals surface area contributed by atoms with Gasteiger partial charge in [0.25, 0.3) is 5.69 Å². The summed E-state index contributed by atoms with van der Waals surface area (Å²) in [6, 6.07) is 6.95. The second kappa shape index (κ2) is 6.30. The summed E-state index contributed by atoms with van der Waals surface area (Å²) in [6.45, 7) is 5.88. The third kappa shape index (κ3) is 2.82. The van der Waals surface area contributed by atoms with E-state index in [2.05, 4.69) is 18.7 Å². The van der Waals surface area contributed by atoms with Gasteiger partial charge in [0, 0.05) is 30.8 Å². The van der Waals surface area contributed by atoms with Crippen molar-refractivity contribution in [1.82, 2.24) is 4.90 Å². The minimum atomic E-state index is -0.337. The fourth-order valence-corrected chi connectivity index (χ4v) is 2.81. The van der Waals surface area contributed by atoms with Gasteiger partial charge in [0.2, 0.25) is 0 Å². The molecule has 0 spiro atoms. The van der Waals surface area contributed by atoms with Crippen LogP contribution >= 0.6 is 0 Å². The van der Waals surface area contributed by atoms with Crippen LogP contribution in [0.4, 0.5) is 5.69 Å². The van der Waals surface area contributed by atoms with Crippen LogP contribution in [0.3, 0.4) is 0 Å².